The lowest BCUT2D eigenvalue weighted by Crippen LogP contribution is -2.44. The number of fused-ring (bicyclic) bond motifs is 5. The SMILES string of the molecule is CC[C@@]1(O)C(=O)OCc2c1cc1n(c2=O)Cc2c-1nc1cc(F)c(C)c3c1c2[C@@H](NC(=O)O[C@H]1CCCCC[C@@H]1SSC)CC3. The summed E-state index contributed by atoms with van der Waals surface area (Å²) in [6, 6.07) is 2.62. The number of aliphatic hydroxyl groups is 1. The summed E-state index contributed by atoms with van der Waals surface area (Å²) in [6.07, 6.45) is 7.59. The fraction of sp³-hybridized carbons (Fsp3) is 0.515. The Kier molecular flexibility index (Phi) is 7.89. The first-order valence-corrected chi connectivity index (χ1v) is 18.3. The third-order valence-electron chi connectivity index (χ3n) is 10.0. The third-order valence-corrected chi connectivity index (χ3v) is 12.3. The van der Waals surface area contributed by atoms with Crippen molar-refractivity contribution in [3.8, 4) is 11.4 Å². The zero-order valence-electron chi connectivity index (χ0n) is 25.5. The fourth-order valence-electron chi connectivity index (χ4n) is 7.62. The highest BCUT2D eigenvalue weighted by atomic mass is 33.1. The molecule has 238 valence electrons. The van der Waals surface area contributed by atoms with Crippen LogP contribution >= 0.6 is 21.6 Å². The molecule has 45 heavy (non-hydrogen) atoms. The lowest BCUT2D eigenvalue weighted by atomic mass is 9.81. The van der Waals surface area contributed by atoms with E-state index < -0.39 is 23.7 Å². The Morgan fingerprint density at radius 1 is 1.20 bits per heavy atom. The Balaban J connectivity index is 1.33. The molecule has 0 radical (unpaired) electrons. The molecule has 7 rings (SSSR count). The molecule has 1 fully saturated rings. The lowest BCUT2D eigenvalue weighted by Gasteiger charge is -2.31. The molecule has 3 aromatic rings. The molecule has 0 unspecified atom stereocenters. The number of esters is 1. The van der Waals surface area contributed by atoms with Crippen molar-refractivity contribution in [3.05, 3.63) is 61.7 Å². The van der Waals surface area contributed by atoms with Gasteiger partial charge in [0.05, 0.1) is 40.3 Å². The van der Waals surface area contributed by atoms with Crippen molar-refractivity contribution in [2.75, 3.05) is 6.26 Å². The summed E-state index contributed by atoms with van der Waals surface area (Å²) >= 11 is 0. The van der Waals surface area contributed by atoms with Crippen LogP contribution in [-0.2, 0) is 39.4 Å². The molecule has 1 saturated carbocycles. The predicted octanol–water partition coefficient (Wildman–Crippen LogP) is 5.95. The van der Waals surface area contributed by atoms with E-state index in [0.717, 1.165) is 54.2 Å². The highest BCUT2D eigenvalue weighted by molar-refractivity contribution is 8.76. The van der Waals surface area contributed by atoms with Crippen molar-refractivity contribution < 1.29 is 28.6 Å². The van der Waals surface area contributed by atoms with Gasteiger partial charge in [-0.15, -0.1) is 0 Å². The van der Waals surface area contributed by atoms with E-state index in [0.29, 0.717) is 35.3 Å². The Bertz CT molecular complexity index is 1810. The molecular formula is C33H36FN3O6S2. The summed E-state index contributed by atoms with van der Waals surface area (Å²) in [4.78, 5) is 44.9. The Morgan fingerprint density at radius 2 is 2.00 bits per heavy atom. The van der Waals surface area contributed by atoms with E-state index in [2.05, 4.69) is 5.32 Å². The Morgan fingerprint density at radius 3 is 2.78 bits per heavy atom. The molecule has 2 aliphatic heterocycles. The standard InChI is InChI=1S/C33H36FN3O6S2/c1-4-33(41)20-12-24-29-18(14-37(24)30(38)19(20)15-42-31(33)39)28-22(11-10-17-16(2)21(34)13-23(35-29)27(17)28)36-32(40)43-25-8-6-5-7-9-26(25)45-44-3/h12-13,22,25-26,41H,4-11,14-15H2,1-3H3,(H,36,40)/t22-,25-,26-,33-/m0/s1. The average molecular weight is 654 g/mol. The van der Waals surface area contributed by atoms with Crippen LogP contribution in [0, 0.1) is 12.7 Å². The summed E-state index contributed by atoms with van der Waals surface area (Å²) < 4.78 is 28.1. The number of hydrogen-bond acceptors (Lipinski definition) is 9. The number of cyclic esters (lactones) is 1. The molecule has 12 heteroatoms. The van der Waals surface area contributed by atoms with E-state index >= 15 is 4.39 Å². The molecule has 1 amide bonds. The number of carbonyl (C=O) groups excluding carboxylic acids is 2. The summed E-state index contributed by atoms with van der Waals surface area (Å²) in [6.45, 7) is 3.38. The monoisotopic (exact) mass is 653 g/mol. The molecule has 2 aliphatic carbocycles. The molecular weight excluding hydrogens is 618 g/mol. The van der Waals surface area contributed by atoms with Gasteiger partial charge in [-0.2, -0.15) is 0 Å². The van der Waals surface area contributed by atoms with Crippen molar-refractivity contribution in [2.24, 2.45) is 0 Å². The number of nitrogens with zero attached hydrogens (tertiary/aromatic N) is 2. The molecule has 4 atom stereocenters. The van der Waals surface area contributed by atoms with Crippen LogP contribution in [0.3, 0.4) is 0 Å². The number of alkyl carbamates (subject to hydrolysis) is 1. The molecule has 2 aromatic heterocycles. The van der Waals surface area contributed by atoms with Gasteiger partial charge in [-0.1, -0.05) is 41.4 Å². The van der Waals surface area contributed by atoms with Gasteiger partial charge in [0, 0.05) is 22.6 Å². The van der Waals surface area contributed by atoms with Gasteiger partial charge in [-0.3, -0.25) is 4.79 Å². The molecule has 1 aromatic carbocycles. The molecule has 4 aliphatic rings. The number of nitrogens with one attached hydrogen (secondary N) is 1. The van der Waals surface area contributed by atoms with Crippen molar-refractivity contribution in [1.82, 2.24) is 14.9 Å². The summed E-state index contributed by atoms with van der Waals surface area (Å²) in [5.74, 6) is -1.16. The molecule has 9 nitrogen and oxygen atoms in total. The van der Waals surface area contributed by atoms with Gasteiger partial charge in [0.25, 0.3) is 5.56 Å². The van der Waals surface area contributed by atoms with E-state index in [-0.39, 0.29) is 53.4 Å². The first-order valence-electron chi connectivity index (χ1n) is 15.6. The van der Waals surface area contributed by atoms with Gasteiger partial charge >= 0.3 is 12.1 Å². The minimum absolute atomic E-state index is 0.0320. The van der Waals surface area contributed by atoms with Gasteiger partial charge in [0.15, 0.2) is 5.60 Å². The quantitative estimate of drug-likeness (QED) is 0.153. The number of aromatic nitrogens is 2. The number of amides is 1. The van der Waals surface area contributed by atoms with Crippen LogP contribution in [-0.4, -0.2) is 44.3 Å². The van der Waals surface area contributed by atoms with E-state index in [1.54, 1.807) is 46.1 Å². The normalized spacial score (nSPS) is 25.2. The Hall–Kier alpha value is -3.09. The molecule has 2 N–H and O–H groups in total. The topological polar surface area (TPSA) is 120 Å². The number of benzene rings is 1. The predicted molar refractivity (Wildman–Crippen MR) is 172 cm³/mol. The van der Waals surface area contributed by atoms with Crippen LogP contribution < -0.4 is 10.9 Å². The average Bonchev–Trinajstić information content (AvgIpc) is 3.25. The number of pyridine rings is 2. The zero-order chi connectivity index (χ0) is 31.6. The second-order valence-corrected chi connectivity index (χ2v) is 15.1. The fourth-order valence-corrected chi connectivity index (χ4v) is 9.85. The number of halogens is 1. The molecule has 0 bridgehead atoms. The van der Waals surface area contributed by atoms with Crippen LogP contribution in [0.2, 0.25) is 0 Å². The van der Waals surface area contributed by atoms with Gasteiger partial charge in [-0.25, -0.2) is 19.0 Å². The van der Waals surface area contributed by atoms with E-state index in [9.17, 15) is 19.5 Å². The third kappa shape index (κ3) is 4.86. The highest BCUT2D eigenvalue weighted by Crippen LogP contribution is 2.46. The number of hydrogen-bond donors (Lipinski definition) is 2. The lowest BCUT2D eigenvalue weighted by molar-refractivity contribution is -0.172. The first-order chi connectivity index (χ1) is 21.7. The maximum Gasteiger partial charge on any atom is 0.407 e. The van der Waals surface area contributed by atoms with E-state index in [1.165, 1.54) is 6.07 Å². The van der Waals surface area contributed by atoms with Gasteiger partial charge in [-0.05, 0) is 74.5 Å². The highest BCUT2D eigenvalue weighted by Gasteiger charge is 2.46. The summed E-state index contributed by atoms with van der Waals surface area (Å²) in [5.41, 5.74) is 2.46. The van der Waals surface area contributed by atoms with Crippen LogP contribution in [0.15, 0.2) is 16.9 Å². The van der Waals surface area contributed by atoms with Crippen molar-refractivity contribution >= 4 is 44.6 Å². The molecule has 0 saturated heterocycles. The van der Waals surface area contributed by atoms with Crippen molar-refractivity contribution in [2.45, 2.75) is 101 Å². The number of carbonyl (C=O) groups is 2. The van der Waals surface area contributed by atoms with E-state index in [1.807, 2.05) is 6.26 Å². The Labute approximate surface area is 268 Å². The van der Waals surface area contributed by atoms with Gasteiger partial charge < -0.3 is 24.5 Å². The number of aryl methyl sites for hydroxylation is 1. The second kappa shape index (κ2) is 11.6. The second-order valence-electron chi connectivity index (χ2n) is 12.4. The van der Waals surface area contributed by atoms with Crippen LogP contribution in [0.5, 0.6) is 0 Å². The molecule has 0 spiro atoms. The molecule has 4 heterocycles. The first kappa shape index (κ1) is 30.6. The van der Waals surface area contributed by atoms with Crippen LogP contribution in [0.4, 0.5) is 9.18 Å². The van der Waals surface area contributed by atoms with Crippen molar-refractivity contribution in [1.29, 1.82) is 0 Å². The maximum absolute atomic E-state index is 15.2. The summed E-state index contributed by atoms with van der Waals surface area (Å²) in [7, 11) is 3.45. The number of ether oxygens (including phenoxy) is 2. The van der Waals surface area contributed by atoms with Crippen molar-refractivity contribution in [3.63, 3.8) is 0 Å². The number of rotatable bonds is 5. The van der Waals surface area contributed by atoms with E-state index in [4.69, 9.17) is 14.5 Å². The minimum Gasteiger partial charge on any atom is -0.458 e. The van der Waals surface area contributed by atoms with Crippen LogP contribution in [0.1, 0.15) is 91.3 Å². The smallest absolute Gasteiger partial charge is 0.407 e. The van der Waals surface area contributed by atoms with Crippen LogP contribution in [0.25, 0.3) is 22.3 Å². The minimum atomic E-state index is -1.95. The largest absolute Gasteiger partial charge is 0.458 e. The van der Waals surface area contributed by atoms with Gasteiger partial charge in [0.1, 0.15) is 18.5 Å². The maximum atomic E-state index is 15.2. The zero-order valence-corrected chi connectivity index (χ0v) is 27.2. The summed E-state index contributed by atoms with van der Waals surface area (Å²) in [5, 5.41) is 15.5. The van der Waals surface area contributed by atoms with Gasteiger partial charge in [0.2, 0.25) is 0 Å².